The second kappa shape index (κ2) is 6.36. The summed E-state index contributed by atoms with van der Waals surface area (Å²) in [6.07, 6.45) is 7.25. The number of rotatable bonds is 5. The maximum absolute atomic E-state index is 4.42. The highest BCUT2D eigenvalue weighted by atomic mass is 15.3. The summed E-state index contributed by atoms with van der Waals surface area (Å²) in [5, 5.41) is 4.15. The number of hydrogen-bond donors (Lipinski definition) is 0. The van der Waals surface area contributed by atoms with Crippen molar-refractivity contribution in [3.05, 3.63) is 30.9 Å². The number of piperazine rings is 1. The van der Waals surface area contributed by atoms with Crippen LogP contribution in [-0.2, 0) is 20.1 Å². The van der Waals surface area contributed by atoms with Gasteiger partial charge in [-0.25, -0.2) is 9.97 Å². The average molecular weight is 289 g/mol. The van der Waals surface area contributed by atoms with Crippen molar-refractivity contribution in [3.8, 4) is 0 Å². The van der Waals surface area contributed by atoms with Gasteiger partial charge in [0.05, 0.1) is 13.1 Å². The van der Waals surface area contributed by atoms with Crippen LogP contribution in [0.2, 0.25) is 0 Å². The first kappa shape index (κ1) is 14.2. The summed E-state index contributed by atoms with van der Waals surface area (Å²) in [6.45, 7) is 8.45. The van der Waals surface area contributed by atoms with Crippen molar-refractivity contribution in [2.24, 2.45) is 7.05 Å². The molecule has 0 aromatic carbocycles. The summed E-state index contributed by atoms with van der Waals surface area (Å²) in [6, 6.07) is 0.547. The molecular weight excluding hydrogens is 266 g/mol. The number of hydrogen-bond acceptors (Lipinski definition) is 5. The molecule has 7 nitrogen and oxygen atoms in total. The van der Waals surface area contributed by atoms with Crippen molar-refractivity contribution >= 4 is 0 Å². The van der Waals surface area contributed by atoms with E-state index in [0.29, 0.717) is 6.04 Å². The average Bonchev–Trinajstić information content (AvgIpc) is 3.12. The summed E-state index contributed by atoms with van der Waals surface area (Å²) in [5.41, 5.74) is 0. The van der Waals surface area contributed by atoms with Crippen LogP contribution in [0, 0.1) is 0 Å². The lowest BCUT2D eigenvalue weighted by molar-refractivity contribution is 0.0724. The summed E-state index contributed by atoms with van der Waals surface area (Å²) in [4.78, 5) is 13.4. The van der Waals surface area contributed by atoms with Crippen LogP contribution in [0.4, 0.5) is 0 Å². The molecule has 0 radical (unpaired) electrons. The highest BCUT2D eigenvalue weighted by Gasteiger charge is 2.24. The smallest absolute Gasteiger partial charge is 0.137 e. The Morgan fingerprint density at radius 1 is 1.29 bits per heavy atom. The van der Waals surface area contributed by atoms with E-state index in [0.717, 1.165) is 45.1 Å². The molecule has 3 heterocycles. The quantitative estimate of drug-likeness (QED) is 0.788. The van der Waals surface area contributed by atoms with E-state index in [1.54, 1.807) is 12.7 Å². The lowest BCUT2D eigenvalue weighted by Gasteiger charge is -2.39. The normalized spacial score (nSPS) is 21.0. The number of aromatic nitrogens is 5. The van der Waals surface area contributed by atoms with Gasteiger partial charge in [-0.2, -0.15) is 5.10 Å². The fourth-order valence-electron chi connectivity index (χ4n) is 2.83. The fraction of sp³-hybridized carbons (Fsp3) is 0.643. The molecule has 0 bridgehead atoms. The molecule has 3 rings (SSSR count). The Hall–Kier alpha value is -1.73. The van der Waals surface area contributed by atoms with Crippen LogP contribution in [-0.4, -0.2) is 66.3 Å². The van der Waals surface area contributed by atoms with Crippen molar-refractivity contribution in [1.29, 1.82) is 0 Å². The van der Waals surface area contributed by atoms with Gasteiger partial charge in [-0.15, -0.1) is 0 Å². The Kier molecular flexibility index (Phi) is 4.31. The molecule has 0 saturated carbocycles. The summed E-state index contributed by atoms with van der Waals surface area (Å²) in [7, 11) is 2.06. The maximum atomic E-state index is 4.42. The Balaban J connectivity index is 1.48. The molecular formula is C14H23N7. The Morgan fingerprint density at radius 3 is 2.86 bits per heavy atom. The second-order valence-corrected chi connectivity index (χ2v) is 5.73. The summed E-state index contributed by atoms with van der Waals surface area (Å²) in [5.74, 6) is 1.14. The van der Waals surface area contributed by atoms with Crippen LogP contribution in [0.5, 0.6) is 0 Å². The minimum Gasteiger partial charge on any atom is -0.337 e. The van der Waals surface area contributed by atoms with Gasteiger partial charge < -0.3 is 4.57 Å². The molecule has 2 aromatic heterocycles. The Bertz CT molecular complexity index is 547. The zero-order valence-electron chi connectivity index (χ0n) is 12.8. The SMILES string of the molecule is CC1CN(CCn2cncn2)CCN1Cc1nccn1C. The lowest BCUT2D eigenvalue weighted by Crippen LogP contribution is -2.52. The van der Waals surface area contributed by atoms with Crippen LogP contribution >= 0.6 is 0 Å². The van der Waals surface area contributed by atoms with Gasteiger partial charge >= 0.3 is 0 Å². The second-order valence-electron chi connectivity index (χ2n) is 5.73. The van der Waals surface area contributed by atoms with E-state index in [4.69, 9.17) is 0 Å². The van der Waals surface area contributed by atoms with Crippen molar-refractivity contribution in [2.75, 3.05) is 26.2 Å². The minimum atomic E-state index is 0.547. The third-order valence-corrected chi connectivity index (χ3v) is 4.23. The minimum absolute atomic E-state index is 0.547. The van der Waals surface area contributed by atoms with Gasteiger partial charge in [0, 0.05) is 51.7 Å². The highest BCUT2D eigenvalue weighted by Crippen LogP contribution is 2.12. The third kappa shape index (κ3) is 3.48. The van der Waals surface area contributed by atoms with Gasteiger partial charge in [-0.05, 0) is 6.92 Å². The van der Waals surface area contributed by atoms with Gasteiger partial charge in [-0.3, -0.25) is 14.5 Å². The molecule has 0 N–H and O–H groups in total. The zero-order valence-corrected chi connectivity index (χ0v) is 12.8. The molecule has 1 aliphatic rings. The van der Waals surface area contributed by atoms with Crippen LogP contribution in [0.15, 0.2) is 25.0 Å². The molecule has 1 aliphatic heterocycles. The van der Waals surface area contributed by atoms with Crippen LogP contribution in [0.1, 0.15) is 12.7 Å². The Labute approximate surface area is 125 Å². The first-order valence-corrected chi connectivity index (χ1v) is 7.47. The van der Waals surface area contributed by atoms with Gasteiger partial charge in [0.15, 0.2) is 0 Å². The van der Waals surface area contributed by atoms with E-state index in [1.165, 1.54) is 0 Å². The monoisotopic (exact) mass is 289 g/mol. The molecule has 21 heavy (non-hydrogen) atoms. The molecule has 2 aromatic rings. The number of nitrogens with zero attached hydrogens (tertiary/aromatic N) is 7. The molecule has 7 heteroatoms. The molecule has 0 amide bonds. The van der Waals surface area contributed by atoms with Crippen molar-refractivity contribution in [3.63, 3.8) is 0 Å². The van der Waals surface area contributed by atoms with Crippen molar-refractivity contribution < 1.29 is 0 Å². The number of aryl methyl sites for hydroxylation is 1. The molecule has 114 valence electrons. The molecule has 1 atom stereocenters. The lowest BCUT2D eigenvalue weighted by atomic mass is 10.2. The van der Waals surface area contributed by atoms with Gasteiger partial charge in [0.25, 0.3) is 0 Å². The summed E-state index contributed by atoms with van der Waals surface area (Å²) < 4.78 is 3.99. The summed E-state index contributed by atoms with van der Waals surface area (Å²) >= 11 is 0. The molecule has 1 unspecified atom stereocenters. The maximum Gasteiger partial charge on any atom is 0.137 e. The van der Waals surface area contributed by atoms with Crippen molar-refractivity contribution in [1.82, 2.24) is 34.1 Å². The largest absolute Gasteiger partial charge is 0.337 e. The first-order chi connectivity index (χ1) is 10.2. The van der Waals surface area contributed by atoms with E-state index in [1.807, 2.05) is 17.1 Å². The molecule has 0 spiro atoms. The van der Waals surface area contributed by atoms with Crippen LogP contribution in [0.25, 0.3) is 0 Å². The third-order valence-electron chi connectivity index (χ3n) is 4.23. The van der Waals surface area contributed by atoms with Crippen LogP contribution in [0.3, 0.4) is 0 Å². The standard InChI is InChI=1S/C14H23N7/c1-13-9-19(6-8-21-12-15-11-17-21)5-7-20(13)10-14-16-3-4-18(14)2/h3-4,11-13H,5-10H2,1-2H3. The molecule has 0 aliphatic carbocycles. The predicted octanol–water partition coefficient (Wildman–Crippen LogP) is 0.218. The number of imidazole rings is 1. The topological polar surface area (TPSA) is 55.0 Å². The van der Waals surface area contributed by atoms with E-state index in [-0.39, 0.29) is 0 Å². The van der Waals surface area contributed by atoms with E-state index < -0.39 is 0 Å². The van der Waals surface area contributed by atoms with E-state index in [9.17, 15) is 0 Å². The fourth-order valence-corrected chi connectivity index (χ4v) is 2.83. The van der Waals surface area contributed by atoms with E-state index >= 15 is 0 Å². The van der Waals surface area contributed by atoms with Crippen molar-refractivity contribution in [2.45, 2.75) is 26.1 Å². The van der Waals surface area contributed by atoms with Gasteiger partial charge in [0.2, 0.25) is 0 Å². The predicted molar refractivity (Wildman–Crippen MR) is 79.5 cm³/mol. The Morgan fingerprint density at radius 2 is 2.19 bits per heavy atom. The highest BCUT2D eigenvalue weighted by molar-refractivity contribution is 4.93. The van der Waals surface area contributed by atoms with Gasteiger partial charge in [-0.1, -0.05) is 0 Å². The van der Waals surface area contributed by atoms with E-state index in [2.05, 4.69) is 43.4 Å². The van der Waals surface area contributed by atoms with Gasteiger partial charge in [0.1, 0.15) is 18.5 Å². The van der Waals surface area contributed by atoms with Crippen LogP contribution < -0.4 is 0 Å². The first-order valence-electron chi connectivity index (χ1n) is 7.47. The molecule has 1 saturated heterocycles. The zero-order chi connectivity index (χ0) is 14.7. The molecule has 1 fully saturated rings.